The Labute approximate surface area is 147 Å². The Hall–Kier alpha value is -1.70. The van der Waals surface area contributed by atoms with Crippen molar-refractivity contribution in [2.24, 2.45) is 0 Å². The van der Waals surface area contributed by atoms with E-state index in [4.69, 9.17) is 14.2 Å². The predicted octanol–water partition coefficient (Wildman–Crippen LogP) is 1.63. The van der Waals surface area contributed by atoms with Gasteiger partial charge in [0.2, 0.25) is 5.91 Å². The highest BCUT2D eigenvalue weighted by atomic mass is 19.1. The summed E-state index contributed by atoms with van der Waals surface area (Å²) >= 11 is 0. The van der Waals surface area contributed by atoms with Crippen LogP contribution in [0.5, 0.6) is 5.75 Å². The van der Waals surface area contributed by atoms with Crippen molar-refractivity contribution in [1.82, 2.24) is 9.80 Å². The number of piperidine rings is 1. The van der Waals surface area contributed by atoms with Gasteiger partial charge in [-0.25, -0.2) is 4.39 Å². The Kier molecular flexibility index (Phi) is 5.56. The summed E-state index contributed by atoms with van der Waals surface area (Å²) in [4.78, 5) is 16.2. The van der Waals surface area contributed by atoms with Crippen molar-refractivity contribution in [3.8, 4) is 5.75 Å². The van der Waals surface area contributed by atoms with E-state index in [0.717, 1.165) is 31.5 Å². The number of amides is 1. The number of rotatable bonds is 5. The number of methoxy groups -OCH3 is 1. The van der Waals surface area contributed by atoms with Crippen LogP contribution in [-0.4, -0.2) is 68.5 Å². The lowest BCUT2D eigenvalue weighted by molar-refractivity contribution is -0.186. The molecule has 0 aromatic heterocycles. The van der Waals surface area contributed by atoms with Crippen LogP contribution in [0, 0.1) is 5.82 Å². The maximum Gasteiger partial charge on any atom is 0.236 e. The fourth-order valence-corrected chi connectivity index (χ4v) is 3.32. The number of hydrogen-bond acceptors (Lipinski definition) is 5. The van der Waals surface area contributed by atoms with Crippen LogP contribution in [0.3, 0.4) is 0 Å². The van der Waals surface area contributed by atoms with Crippen LogP contribution in [0.4, 0.5) is 4.39 Å². The quantitative estimate of drug-likeness (QED) is 0.806. The molecule has 0 bridgehead atoms. The third-order valence-electron chi connectivity index (χ3n) is 4.85. The minimum absolute atomic E-state index is 0.0143. The average molecular weight is 352 g/mol. The zero-order chi connectivity index (χ0) is 17.9. The Morgan fingerprint density at radius 3 is 2.60 bits per heavy atom. The number of carbonyl (C=O) groups excluding carboxylic acids is 1. The zero-order valence-electron chi connectivity index (χ0n) is 14.8. The molecule has 1 aromatic carbocycles. The molecule has 7 heteroatoms. The van der Waals surface area contributed by atoms with E-state index in [0.29, 0.717) is 26.3 Å². The molecule has 2 heterocycles. The van der Waals surface area contributed by atoms with Gasteiger partial charge in [0.25, 0.3) is 0 Å². The van der Waals surface area contributed by atoms with E-state index >= 15 is 0 Å². The molecule has 2 aliphatic rings. The van der Waals surface area contributed by atoms with Crippen LogP contribution >= 0.6 is 0 Å². The monoisotopic (exact) mass is 352 g/mol. The van der Waals surface area contributed by atoms with E-state index < -0.39 is 11.6 Å². The molecule has 0 aliphatic carbocycles. The molecule has 138 valence electrons. The summed E-state index contributed by atoms with van der Waals surface area (Å²) in [7, 11) is 3.16. The maximum absolute atomic E-state index is 13.8. The van der Waals surface area contributed by atoms with Crippen LogP contribution in [-0.2, 0) is 20.8 Å². The van der Waals surface area contributed by atoms with E-state index in [1.54, 1.807) is 24.1 Å². The Bertz CT molecular complexity index is 609. The van der Waals surface area contributed by atoms with Gasteiger partial charge in [-0.3, -0.25) is 9.69 Å². The highest BCUT2D eigenvalue weighted by Gasteiger charge is 2.40. The van der Waals surface area contributed by atoms with Gasteiger partial charge in [0.05, 0.1) is 26.9 Å². The van der Waals surface area contributed by atoms with Crippen molar-refractivity contribution < 1.29 is 23.4 Å². The Morgan fingerprint density at radius 1 is 1.32 bits per heavy atom. The molecule has 0 radical (unpaired) electrons. The van der Waals surface area contributed by atoms with Crippen molar-refractivity contribution in [2.75, 3.05) is 47.0 Å². The lowest BCUT2D eigenvalue weighted by Crippen LogP contribution is -2.48. The number of ether oxygens (including phenoxy) is 3. The van der Waals surface area contributed by atoms with Crippen molar-refractivity contribution >= 4 is 5.91 Å². The largest absolute Gasteiger partial charge is 0.494 e. The van der Waals surface area contributed by atoms with Crippen LogP contribution in [0.25, 0.3) is 0 Å². The third-order valence-corrected chi connectivity index (χ3v) is 4.85. The van der Waals surface area contributed by atoms with Crippen LogP contribution in [0.15, 0.2) is 18.2 Å². The second kappa shape index (κ2) is 7.68. The highest BCUT2D eigenvalue weighted by molar-refractivity contribution is 5.78. The van der Waals surface area contributed by atoms with Gasteiger partial charge < -0.3 is 19.1 Å². The summed E-state index contributed by atoms with van der Waals surface area (Å²) in [6, 6.07) is 4.75. The van der Waals surface area contributed by atoms with E-state index in [-0.39, 0.29) is 11.7 Å². The molecule has 1 amide bonds. The third kappa shape index (κ3) is 4.29. The maximum atomic E-state index is 13.8. The van der Waals surface area contributed by atoms with Gasteiger partial charge in [0.1, 0.15) is 0 Å². The Balaban J connectivity index is 1.49. The van der Waals surface area contributed by atoms with Crippen molar-refractivity contribution in [3.63, 3.8) is 0 Å². The molecular weight excluding hydrogens is 327 g/mol. The number of halogens is 1. The minimum atomic E-state index is -0.425. The predicted molar refractivity (Wildman–Crippen MR) is 89.7 cm³/mol. The first-order valence-electron chi connectivity index (χ1n) is 8.58. The first-order valence-corrected chi connectivity index (χ1v) is 8.58. The molecule has 2 fully saturated rings. The summed E-state index contributed by atoms with van der Waals surface area (Å²) < 4.78 is 30.1. The summed E-state index contributed by atoms with van der Waals surface area (Å²) in [5.74, 6) is -0.623. The summed E-state index contributed by atoms with van der Waals surface area (Å²) in [5.41, 5.74) is 0.736. The van der Waals surface area contributed by atoms with E-state index in [9.17, 15) is 9.18 Å². The molecule has 0 atom stereocenters. The topological polar surface area (TPSA) is 51.2 Å². The summed E-state index contributed by atoms with van der Waals surface area (Å²) in [6.45, 7) is 3.57. The summed E-state index contributed by atoms with van der Waals surface area (Å²) in [6.07, 6.45) is 1.57. The van der Waals surface area contributed by atoms with Crippen molar-refractivity contribution in [1.29, 1.82) is 0 Å². The first-order chi connectivity index (χ1) is 12.0. The van der Waals surface area contributed by atoms with Gasteiger partial charge in [-0.15, -0.1) is 0 Å². The second-order valence-corrected chi connectivity index (χ2v) is 6.60. The first kappa shape index (κ1) is 18.1. The number of hydrogen-bond donors (Lipinski definition) is 0. The smallest absolute Gasteiger partial charge is 0.236 e. The zero-order valence-corrected chi connectivity index (χ0v) is 14.8. The van der Waals surface area contributed by atoms with Crippen LogP contribution in [0.1, 0.15) is 18.4 Å². The van der Waals surface area contributed by atoms with E-state index in [1.165, 1.54) is 13.2 Å². The van der Waals surface area contributed by atoms with Gasteiger partial charge in [-0.2, -0.15) is 0 Å². The molecule has 6 nitrogen and oxygen atoms in total. The number of likely N-dealkylation sites (N-methyl/N-ethyl adjacent to an activating group) is 1. The molecular formula is C18H25FN2O4. The number of carbonyl (C=O) groups is 1. The molecule has 2 saturated heterocycles. The molecule has 0 N–H and O–H groups in total. The fraction of sp³-hybridized carbons (Fsp3) is 0.611. The van der Waals surface area contributed by atoms with Gasteiger partial charge in [-0.05, 0) is 17.7 Å². The van der Waals surface area contributed by atoms with Crippen molar-refractivity contribution in [2.45, 2.75) is 25.2 Å². The molecule has 25 heavy (non-hydrogen) atoms. The van der Waals surface area contributed by atoms with Gasteiger partial charge in [0, 0.05) is 39.5 Å². The summed E-state index contributed by atoms with van der Waals surface area (Å²) in [5, 5.41) is 0. The van der Waals surface area contributed by atoms with Gasteiger partial charge in [-0.1, -0.05) is 6.07 Å². The fourth-order valence-electron chi connectivity index (χ4n) is 3.32. The second-order valence-electron chi connectivity index (χ2n) is 6.60. The van der Waals surface area contributed by atoms with E-state index in [1.807, 2.05) is 0 Å². The van der Waals surface area contributed by atoms with Crippen LogP contribution < -0.4 is 4.74 Å². The number of likely N-dealkylation sites (tertiary alicyclic amines) is 1. The van der Waals surface area contributed by atoms with Crippen LogP contribution in [0.2, 0.25) is 0 Å². The lowest BCUT2D eigenvalue weighted by Gasteiger charge is -2.37. The van der Waals surface area contributed by atoms with Crippen molar-refractivity contribution in [3.05, 3.63) is 29.6 Å². The Morgan fingerprint density at radius 2 is 2.00 bits per heavy atom. The molecule has 3 rings (SSSR count). The minimum Gasteiger partial charge on any atom is -0.494 e. The van der Waals surface area contributed by atoms with Gasteiger partial charge in [0.15, 0.2) is 17.4 Å². The normalized spacial score (nSPS) is 20.0. The number of nitrogens with zero attached hydrogens (tertiary/aromatic N) is 2. The van der Waals surface area contributed by atoms with Gasteiger partial charge >= 0.3 is 0 Å². The highest BCUT2D eigenvalue weighted by Crippen LogP contribution is 2.31. The number of benzene rings is 1. The van der Waals surface area contributed by atoms with E-state index in [2.05, 4.69) is 4.90 Å². The SMILES string of the molecule is COc1ccc(CN(C)C(=O)CN2CCC3(CC2)OCCO3)cc1F. The molecule has 2 aliphatic heterocycles. The standard InChI is InChI=1S/C18H25FN2O4/c1-20(12-14-3-4-16(23-2)15(19)11-14)17(22)13-21-7-5-18(6-8-21)24-9-10-25-18/h3-4,11H,5-10,12-13H2,1-2H3. The molecule has 0 saturated carbocycles. The average Bonchev–Trinajstić information content (AvgIpc) is 3.05. The molecule has 1 aromatic rings. The molecule has 0 unspecified atom stereocenters. The molecule has 1 spiro atoms. The lowest BCUT2D eigenvalue weighted by atomic mass is 10.0.